The van der Waals surface area contributed by atoms with Crippen LogP contribution in [0.2, 0.25) is 0 Å². The first-order chi connectivity index (χ1) is 14.3. The van der Waals surface area contributed by atoms with Crippen LogP contribution in [0, 0.1) is 5.82 Å². The van der Waals surface area contributed by atoms with E-state index in [-0.39, 0.29) is 23.2 Å². The lowest BCUT2D eigenvalue weighted by Gasteiger charge is -2.34. The smallest absolute Gasteiger partial charge is 0.333 e. The summed E-state index contributed by atoms with van der Waals surface area (Å²) >= 11 is 1.91. The van der Waals surface area contributed by atoms with Crippen LogP contribution in [0.4, 0.5) is 4.39 Å². The third-order valence-corrected chi connectivity index (χ3v) is 6.72. The van der Waals surface area contributed by atoms with Crippen LogP contribution < -0.4 is 11.0 Å². The maximum Gasteiger partial charge on any atom is 0.333 e. The summed E-state index contributed by atoms with van der Waals surface area (Å²) in [5, 5.41) is 3.19. The van der Waals surface area contributed by atoms with E-state index in [1.807, 2.05) is 25.6 Å². The van der Waals surface area contributed by atoms with Gasteiger partial charge in [-0.1, -0.05) is 6.07 Å². The fourth-order valence-corrected chi connectivity index (χ4v) is 5.41. The van der Waals surface area contributed by atoms with Gasteiger partial charge in [0.25, 0.3) is 5.91 Å². The van der Waals surface area contributed by atoms with Gasteiger partial charge in [0.15, 0.2) is 0 Å². The Kier molecular flexibility index (Phi) is 5.49. The largest absolute Gasteiger partial charge is 0.347 e. The van der Waals surface area contributed by atoms with Crippen molar-refractivity contribution < 1.29 is 9.18 Å². The van der Waals surface area contributed by atoms with E-state index in [4.69, 9.17) is 0 Å². The summed E-state index contributed by atoms with van der Waals surface area (Å²) in [5.74, 6) is 1.55. The fraction of sp³-hybridized carbons (Fsp3) is 0.391. The molecule has 1 amide bonds. The van der Waals surface area contributed by atoms with Crippen LogP contribution in [-0.2, 0) is 0 Å². The molecule has 0 saturated carbocycles. The SMILES string of the molecule is CC(C)n1c(=O)n(-c2cccc(F)c2)c2ccc(C(=O)NC3(C)CCSCC3)cc21. The lowest BCUT2D eigenvalue weighted by Crippen LogP contribution is -2.48. The minimum Gasteiger partial charge on any atom is -0.347 e. The molecule has 5 nitrogen and oxygen atoms in total. The van der Waals surface area contributed by atoms with E-state index >= 15 is 0 Å². The van der Waals surface area contributed by atoms with Crippen molar-refractivity contribution >= 4 is 28.7 Å². The molecular formula is C23H26FN3O2S. The van der Waals surface area contributed by atoms with Crippen molar-refractivity contribution in [1.29, 1.82) is 0 Å². The molecule has 1 N–H and O–H groups in total. The Morgan fingerprint density at radius 1 is 1.13 bits per heavy atom. The first-order valence-corrected chi connectivity index (χ1v) is 11.4. The van der Waals surface area contributed by atoms with Crippen LogP contribution in [0.5, 0.6) is 0 Å². The zero-order valence-corrected chi connectivity index (χ0v) is 18.3. The molecule has 0 bridgehead atoms. The van der Waals surface area contributed by atoms with Crippen molar-refractivity contribution in [3.63, 3.8) is 0 Å². The Bertz CT molecular complexity index is 1160. The molecule has 1 aliphatic heterocycles. The Morgan fingerprint density at radius 2 is 1.87 bits per heavy atom. The molecule has 0 atom stereocenters. The summed E-state index contributed by atoms with van der Waals surface area (Å²) in [4.78, 5) is 26.2. The number of fused-ring (bicyclic) bond motifs is 1. The predicted octanol–water partition coefficient (Wildman–Crippen LogP) is 4.53. The molecular weight excluding hydrogens is 401 g/mol. The molecule has 0 unspecified atom stereocenters. The first-order valence-electron chi connectivity index (χ1n) is 10.2. The molecule has 2 aromatic carbocycles. The van der Waals surface area contributed by atoms with Gasteiger partial charge in [0.05, 0.1) is 16.7 Å². The molecule has 7 heteroatoms. The van der Waals surface area contributed by atoms with E-state index in [9.17, 15) is 14.0 Å². The average molecular weight is 428 g/mol. The number of thioether (sulfide) groups is 1. The van der Waals surface area contributed by atoms with Gasteiger partial charge < -0.3 is 5.32 Å². The second-order valence-corrected chi connectivity index (χ2v) is 9.62. The summed E-state index contributed by atoms with van der Waals surface area (Å²) in [5.41, 5.74) is 1.84. The highest BCUT2D eigenvalue weighted by Gasteiger charge is 2.29. The van der Waals surface area contributed by atoms with Gasteiger partial charge >= 0.3 is 5.69 Å². The van der Waals surface area contributed by atoms with Gasteiger partial charge in [0.2, 0.25) is 0 Å². The lowest BCUT2D eigenvalue weighted by atomic mass is 9.94. The highest BCUT2D eigenvalue weighted by molar-refractivity contribution is 7.99. The molecule has 0 radical (unpaired) electrons. The normalized spacial score (nSPS) is 16.2. The molecule has 3 aromatic rings. The molecule has 30 heavy (non-hydrogen) atoms. The summed E-state index contributed by atoms with van der Waals surface area (Å²) < 4.78 is 17.0. The molecule has 1 fully saturated rings. The number of imidazole rings is 1. The van der Waals surface area contributed by atoms with Crippen LogP contribution in [0.25, 0.3) is 16.7 Å². The number of carbonyl (C=O) groups is 1. The van der Waals surface area contributed by atoms with Crippen molar-refractivity contribution in [1.82, 2.24) is 14.5 Å². The average Bonchev–Trinajstić information content (AvgIpc) is 2.99. The quantitative estimate of drug-likeness (QED) is 0.666. The Hall–Kier alpha value is -2.54. The van der Waals surface area contributed by atoms with E-state index in [1.54, 1.807) is 34.9 Å². The number of benzene rings is 2. The van der Waals surface area contributed by atoms with Crippen LogP contribution >= 0.6 is 11.8 Å². The zero-order chi connectivity index (χ0) is 21.5. The van der Waals surface area contributed by atoms with Crippen molar-refractivity contribution in [3.8, 4) is 5.69 Å². The molecule has 1 aromatic heterocycles. The summed E-state index contributed by atoms with van der Waals surface area (Å²) in [6, 6.07) is 11.1. The van der Waals surface area contributed by atoms with Crippen LogP contribution in [0.15, 0.2) is 47.3 Å². The minimum absolute atomic E-state index is 0.110. The molecule has 0 aliphatic carbocycles. The number of carbonyl (C=O) groups excluding carboxylic acids is 1. The van der Waals surface area contributed by atoms with Gasteiger partial charge in [-0.25, -0.2) is 9.18 Å². The van der Waals surface area contributed by atoms with Gasteiger partial charge in [0.1, 0.15) is 5.82 Å². The number of hydrogen-bond acceptors (Lipinski definition) is 3. The number of halogens is 1. The number of nitrogens with one attached hydrogen (secondary N) is 1. The second-order valence-electron chi connectivity index (χ2n) is 8.39. The van der Waals surface area contributed by atoms with Gasteiger partial charge in [-0.15, -0.1) is 0 Å². The van der Waals surface area contributed by atoms with Crippen molar-refractivity contribution in [2.45, 2.75) is 45.2 Å². The van der Waals surface area contributed by atoms with Crippen molar-refractivity contribution in [3.05, 3.63) is 64.3 Å². The van der Waals surface area contributed by atoms with Crippen molar-refractivity contribution in [2.24, 2.45) is 0 Å². The van der Waals surface area contributed by atoms with E-state index in [0.29, 0.717) is 22.3 Å². The van der Waals surface area contributed by atoms with E-state index in [0.717, 1.165) is 24.3 Å². The molecule has 1 aliphatic rings. The van der Waals surface area contributed by atoms with Gasteiger partial charge in [-0.05, 0) is 81.5 Å². The monoisotopic (exact) mass is 427 g/mol. The molecule has 4 rings (SSSR count). The van der Waals surface area contributed by atoms with E-state index in [1.165, 1.54) is 16.7 Å². The van der Waals surface area contributed by atoms with Gasteiger partial charge in [-0.3, -0.25) is 13.9 Å². The molecule has 2 heterocycles. The number of aromatic nitrogens is 2. The van der Waals surface area contributed by atoms with Gasteiger partial charge in [0, 0.05) is 17.1 Å². The summed E-state index contributed by atoms with van der Waals surface area (Å²) in [7, 11) is 0. The van der Waals surface area contributed by atoms with Gasteiger partial charge in [-0.2, -0.15) is 11.8 Å². The summed E-state index contributed by atoms with van der Waals surface area (Å²) in [6.45, 7) is 5.93. The Balaban J connectivity index is 1.80. The van der Waals surface area contributed by atoms with Crippen LogP contribution in [0.3, 0.4) is 0 Å². The van der Waals surface area contributed by atoms with E-state index < -0.39 is 5.82 Å². The summed E-state index contributed by atoms with van der Waals surface area (Å²) in [6.07, 6.45) is 1.89. The van der Waals surface area contributed by atoms with Crippen molar-refractivity contribution in [2.75, 3.05) is 11.5 Å². The maximum absolute atomic E-state index is 13.8. The predicted molar refractivity (Wildman–Crippen MR) is 120 cm³/mol. The van der Waals surface area contributed by atoms with E-state index in [2.05, 4.69) is 12.2 Å². The third-order valence-electron chi connectivity index (χ3n) is 5.73. The maximum atomic E-state index is 13.8. The molecule has 1 saturated heterocycles. The number of amides is 1. The molecule has 158 valence electrons. The number of rotatable bonds is 4. The Morgan fingerprint density at radius 3 is 2.53 bits per heavy atom. The third kappa shape index (κ3) is 3.78. The topological polar surface area (TPSA) is 56.0 Å². The highest BCUT2D eigenvalue weighted by atomic mass is 32.2. The highest BCUT2D eigenvalue weighted by Crippen LogP contribution is 2.27. The lowest BCUT2D eigenvalue weighted by molar-refractivity contribution is 0.0901. The second kappa shape index (κ2) is 7.95. The fourth-order valence-electron chi connectivity index (χ4n) is 4.02. The zero-order valence-electron chi connectivity index (χ0n) is 17.4. The number of nitrogens with zero attached hydrogens (tertiary/aromatic N) is 2. The van der Waals surface area contributed by atoms with Crippen LogP contribution in [0.1, 0.15) is 50.0 Å². The van der Waals surface area contributed by atoms with Crippen LogP contribution in [-0.4, -0.2) is 32.1 Å². The standard InChI is InChI=1S/C23H26FN3O2S/c1-15(2)26-20-13-16(21(28)25-23(3)9-11-30-12-10-23)7-8-19(20)27(22(26)29)18-6-4-5-17(24)14-18/h4-8,13-15H,9-12H2,1-3H3,(H,25,28). The minimum atomic E-state index is -0.403. The first kappa shape index (κ1) is 20.7. The molecule has 0 spiro atoms. The number of hydrogen-bond donors (Lipinski definition) is 1. The Labute approximate surface area is 179 Å².